The summed E-state index contributed by atoms with van der Waals surface area (Å²) in [6.45, 7) is 6.06. The van der Waals surface area contributed by atoms with Crippen LogP contribution in [0.1, 0.15) is 46.8 Å². The Morgan fingerprint density at radius 3 is 2.46 bits per heavy atom. The Labute approximate surface area is 174 Å². The maximum Gasteiger partial charge on any atom is 0.231 e. The second kappa shape index (κ2) is 9.85. The minimum atomic E-state index is -0.135. The van der Waals surface area contributed by atoms with Crippen molar-refractivity contribution in [3.8, 4) is 0 Å². The van der Waals surface area contributed by atoms with Crippen molar-refractivity contribution in [3.05, 3.63) is 75.2 Å². The van der Waals surface area contributed by atoms with Crippen LogP contribution in [0.3, 0.4) is 0 Å². The number of aryl methyl sites for hydroxylation is 3. The predicted octanol–water partition coefficient (Wildman–Crippen LogP) is 5.11. The van der Waals surface area contributed by atoms with Gasteiger partial charge in [0.25, 0.3) is 0 Å². The third kappa shape index (κ3) is 5.66. The van der Waals surface area contributed by atoms with E-state index < -0.39 is 0 Å². The lowest BCUT2D eigenvalue weighted by molar-refractivity contribution is -0.119. The number of rotatable bonds is 8. The van der Waals surface area contributed by atoms with Crippen LogP contribution in [0.4, 0.5) is 0 Å². The number of hydrogen-bond acceptors (Lipinski definition) is 5. The van der Waals surface area contributed by atoms with E-state index in [0.717, 1.165) is 34.7 Å². The highest BCUT2D eigenvalue weighted by Crippen LogP contribution is 2.27. The van der Waals surface area contributed by atoms with E-state index in [1.54, 1.807) is 11.3 Å². The Morgan fingerprint density at radius 2 is 1.86 bits per heavy atom. The van der Waals surface area contributed by atoms with E-state index in [1.165, 1.54) is 17.3 Å². The number of nitrogens with zero attached hydrogens (tertiary/aromatic N) is 2. The number of thioether (sulfide) groups is 1. The average Bonchev–Trinajstić information content (AvgIpc) is 3.19. The van der Waals surface area contributed by atoms with Gasteiger partial charge in [-0.3, -0.25) is 4.79 Å². The summed E-state index contributed by atoms with van der Waals surface area (Å²) in [5.41, 5.74) is 4.26. The average molecular weight is 412 g/mol. The van der Waals surface area contributed by atoms with Gasteiger partial charge in [0.2, 0.25) is 5.91 Å². The van der Waals surface area contributed by atoms with Gasteiger partial charge in [0.05, 0.1) is 11.8 Å². The topological polar surface area (TPSA) is 54.9 Å². The van der Waals surface area contributed by atoms with Crippen LogP contribution in [0.25, 0.3) is 0 Å². The second-order valence-electron chi connectivity index (χ2n) is 6.73. The highest BCUT2D eigenvalue weighted by Gasteiger charge is 2.18. The number of amides is 1. The van der Waals surface area contributed by atoms with Crippen LogP contribution >= 0.6 is 23.1 Å². The molecular weight excluding hydrogens is 386 g/mol. The first-order valence-corrected chi connectivity index (χ1v) is 11.3. The quantitative estimate of drug-likeness (QED) is 0.414. The van der Waals surface area contributed by atoms with Crippen molar-refractivity contribution in [2.75, 3.05) is 5.75 Å². The lowest BCUT2D eigenvalue weighted by atomic mass is 10.0. The van der Waals surface area contributed by atoms with Gasteiger partial charge in [-0.1, -0.05) is 55.4 Å². The van der Waals surface area contributed by atoms with Crippen LogP contribution in [0.15, 0.2) is 53.0 Å². The van der Waals surface area contributed by atoms with Crippen molar-refractivity contribution in [1.29, 1.82) is 0 Å². The Balaban J connectivity index is 1.70. The standard InChI is InChI=1S/C22H25N3OS2/c1-4-6-17-8-10-18(11-9-17)21(19-7-5-12-27-19)25-20(26)14-28-22-23-15(2)13-16(3)24-22/h5,7-13,21H,4,6,14H2,1-3H3,(H,25,26). The Bertz CT molecular complexity index is 888. The summed E-state index contributed by atoms with van der Waals surface area (Å²) in [7, 11) is 0. The van der Waals surface area contributed by atoms with E-state index in [9.17, 15) is 4.79 Å². The SMILES string of the molecule is CCCc1ccc(C(NC(=O)CSc2nc(C)cc(C)n2)c2cccs2)cc1. The molecule has 1 aromatic carbocycles. The molecule has 3 rings (SSSR count). The van der Waals surface area contributed by atoms with Gasteiger partial charge < -0.3 is 5.32 Å². The van der Waals surface area contributed by atoms with Gasteiger partial charge in [0.1, 0.15) is 0 Å². The van der Waals surface area contributed by atoms with Gasteiger partial charge in [-0.25, -0.2) is 9.97 Å². The van der Waals surface area contributed by atoms with Crippen molar-refractivity contribution in [1.82, 2.24) is 15.3 Å². The lowest BCUT2D eigenvalue weighted by Crippen LogP contribution is -2.30. The minimum absolute atomic E-state index is 0.0243. The van der Waals surface area contributed by atoms with Crippen molar-refractivity contribution < 1.29 is 4.79 Å². The maximum absolute atomic E-state index is 12.7. The first kappa shape index (κ1) is 20.6. The monoisotopic (exact) mass is 411 g/mol. The first-order chi connectivity index (χ1) is 13.5. The largest absolute Gasteiger partial charge is 0.344 e. The third-order valence-electron chi connectivity index (χ3n) is 4.28. The fraction of sp³-hybridized carbons (Fsp3) is 0.318. The van der Waals surface area contributed by atoms with Gasteiger partial charge in [-0.15, -0.1) is 11.3 Å². The molecule has 2 heterocycles. The van der Waals surface area contributed by atoms with E-state index in [1.807, 2.05) is 31.4 Å². The summed E-state index contributed by atoms with van der Waals surface area (Å²) < 4.78 is 0. The van der Waals surface area contributed by atoms with Crippen LogP contribution in [0.2, 0.25) is 0 Å². The molecule has 1 atom stereocenters. The molecule has 0 fully saturated rings. The summed E-state index contributed by atoms with van der Waals surface area (Å²) in [5, 5.41) is 5.86. The summed E-state index contributed by atoms with van der Waals surface area (Å²) in [6.07, 6.45) is 2.20. The van der Waals surface area contributed by atoms with Crippen molar-refractivity contribution in [2.24, 2.45) is 0 Å². The zero-order chi connectivity index (χ0) is 19.9. The van der Waals surface area contributed by atoms with Crippen molar-refractivity contribution in [2.45, 2.75) is 44.8 Å². The number of nitrogens with one attached hydrogen (secondary N) is 1. The number of benzene rings is 1. The van der Waals surface area contributed by atoms with Crippen LogP contribution in [-0.4, -0.2) is 21.6 Å². The Hall–Kier alpha value is -2.18. The van der Waals surface area contributed by atoms with Crippen LogP contribution < -0.4 is 5.32 Å². The van der Waals surface area contributed by atoms with Crippen LogP contribution in [0.5, 0.6) is 0 Å². The van der Waals surface area contributed by atoms with Gasteiger partial charge in [0.15, 0.2) is 5.16 Å². The molecule has 28 heavy (non-hydrogen) atoms. The van der Waals surface area contributed by atoms with Crippen LogP contribution in [-0.2, 0) is 11.2 Å². The molecule has 0 radical (unpaired) electrons. The number of carbonyl (C=O) groups is 1. The summed E-state index contributed by atoms with van der Waals surface area (Å²) in [5.74, 6) is 0.266. The molecule has 1 amide bonds. The van der Waals surface area contributed by atoms with Gasteiger partial charge in [0, 0.05) is 16.3 Å². The number of carbonyl (C=O) groups excluding carboxylic acids is 1. The highest BCUT2D eigenvalue weighted by molar-refractivity contribution is 7.99. The summed E-state index contributed by atoms with van der Waals surface area (Å²) >= 11 is 3.02. The van der Waals surface area contributed by atoms with Gasteiger partial charge in [-0.2, -0.15) is 0 Å². The van der Waals surface area contributed by atoms with Gasteiger partial charge in [-0.05, 0) is 48.9 Å². The molecule has 1 unspecified atom stereocenters. The predicted molar refractivity (Wildman–Crippen MR) is 117 cm³/mol. The van der Waals surface area contributed by atoms with E-state index in [2.05, 4.69) is 52.5 Å². The van der Waals surface area contributed by atoms with E-state index in [4.69, 9.17) is 0 Å². The molecule has 0 aliphatic rings. The molecule has 0 saturated carbocycles. The van der Waals surface area contributed by atoms with E-state index in [0.29, 0.717) is 10.9 Å². The molecule has 3 aromatic rings. The van der Waals surface area contributed by atoms with Gasteiger partial charge >= 0.3 is 0 Å². The minimum Gasteiger partial charge on any atom is -0.344 e. The zero-order valence-corrected chi connectivity index (χ0v) is 18.1. The molecule has 4 nitrogen and oxygen atoms in total. The molecule has 0 aliphatic carbocycles. The molecule has 0 saturated heterocycles. The van der Waals surface area contributed by atoms with Crippen molar-refractivity contribution >= 4 is 29.0 Å². The molecule has 0 bridgehead atoms. The smallest absolute Gasteiger partial charge is 0.231 e. The molecule has 146 valence electrons. The maximum atomic E-state index is 12.7. The normalized spacial score (nSPS) is 12.0. The van der Waals surface area contributed by atoms with Crippen LogP contribution in [0, 0.1) is 13.8 Å². The summed E-state index contributed by atoms with van der Waals surface area (Å²) in [4.78, 5) is 22.6. The fourth-order valence-electron chi connectivity index (χ4n) is 3.03. The molecule has 0 spiro atoms. The lowest BCUT2D eigenvalue weighted by Gasteiger charge is -2.18. The number of thiophene rings is 1. The number of aromatic nitrogens is 2. The van der Waals surface area contributed by atoms with Crippen molar-refractivity contribution in [3.63, 3.8) is 0 Å². The Kier molecular flexibility index (Phi) is 7.23. The first-order valence-electron chi connectivity index (χ1n) is 9.42. The molecule has 0 aliphatic heterocycles. The number of hydrogen-bond donors (Lipinski definition) is 1. The molecule has 2 aromatic heterocycles. The molecule has 1 N–H and O–H groups in total. The fourth-order valence-corrected chi connectivity index (χ4v) is 4.59. The Morgan fingerprint density at radius 1 is 1.14 bits per heavy atom. The highest BCUT2D eigenvalue weighted by atomic mass is 32.2. The molecule has 6 heteroatoms. The van der Waals surface area contributed by atoms with E-state index >= 15 is 0 Å². The zero-order valence-electron chi connectivity index (χ0n) is 16.4. The third-order valence-corrected chi connectivity index (χ3v) is 6.06. The second-order valence-corrected chi connectivity index (χ2v) is 8.65. The van der Waals surface area contributed by atoms with E-state index in [-0.39, 0.29) is 11.9 Å². The molecular formula is C22H25N3OS2. The summed E-state index contributed by atoms with van der Waals surface area (Å²) in [6, 6.07) is 14.4.